The summed E-state index contributed by atoms with van der Waals surface area (Å²) in [5, 5.41) is 4.17. The number of nitrogens with one attached hydrogen (secondary N) is 1. The molecule has 0 unspecified atom stereocenters. The number of sulfonamides is 1. The minimum Gasteiger partial charge on any atom is -0.352 e. The molecule has 230 valence electrons. The smallest absolute Gasteiger partial charge is 0.264 e. The van der Waals surface area contributed by atoms with E-state index in [4.69, 9.17) is 46.4 Å². The molecule has 3 aromatic rings. The van der Waals surface area contributed by atoms with Gasteiger partial charge in [0, 0.05) is 22.6 Å². The molecule has 0 aromatic heterocycles. The van der Waals surface area contributed by atoms with Crippen molar-refractivity contribution in [3.63, 3.8) is 0 Å². The van der Waals surface area contributed by atoms with Crippen LogP contribution in [0.1, 0.15) is 50.2 Å². The molecule has 1 aliphatic rings. The van der Waals surface area contributed by atoms with Crippen molar-refractivity contribution >= 4 is 73.9 Å². The number of carbonyl (C=O) groups is 2. The fourth-order valence-electron chi connectivity index (χ4n) is 4.99. The molecule has 4 rings (SSSR count). The summed E-state index contributed by atoms with van der Waals surface area (Å²) in [4.78, 5) is 28.9. The van der Waals surface area contributed by atoms with E-state index in [0.717, 1.165) is 42.0 Å². The Hall–Kier alpha value is -2.49. The number of rotatable bonds is 10. The van der Waals surface area contributed by atoms with E-state index in [9.17, 15) is 18.0 Å². The Labute approximate surface area is 273 Å². The standard InChI is InChI=1S/C31H33Cl4N3O4S/c1-20-8-13-26(14-9-20)43(41,42)38(25-12-15-27(33)29(35)17-25)19-30(39)37(18-22-10-11-23(32)16-28(22)34)21(2)31(40)36-24-6-4-3-5-7-24/h8-17,21,24H,3-7,18-19H2,1-2H3,(H,36,40)/t21-/m0/s1. The van der Waals surface area contributed by atoms with Crippen LogP contribution < -0.4 is 9.62 Å². The van der Waals surface area contributed by atoms with Crippen molar-refractivity contribution < 1.29 is 18.0 Å². The first kappa shape index (κ1) is 33.4. The van der Waals surface area contributed by atoms with Crippen LogP contribution in [-0.2, 0) is 26.2 Å². The molecule has 0 aliphatic heterocycles. The Balaban J connectivity index is 1.71. The molecule has 1 atom stereocenters. The monoisotopic (exact) mass is 683 g/mol. The number of benzene rings is 3. The van der Waals surface area contributed by atoms with Gasteiger partial charge in [0.15, 0.2) is 0 Å². The number of anilines is 1. The quantitative estimate of drug-likeness (QED) is 0.238. The maximum Gasteiger partial charge on any atom is 0.264 e. The van der Waals surface area contributed by atoms with Crippen molar-refractivity contribution in [1.82, 2.24) is 10.2 Å². The molecule has 0 radical (unpaired) electrons. The Bertz CT molecular complexity index is 1580. The van der Waals surface area contributed by atoms with Crippen LogP contribution >= 0.6 is 46.4 Å². The van der Waals surface area contributed by atoms with Gasteiger partial charge in [-0.15, -0.1) is 0 Å². The lowest BCUT2D eigenvalue weighted by molar-refractivity contribution is -0.139. The van der Waals surface area contributed by atoms with Crippen LogP contribution in [0.15, 0.2) is 65.6 Å². The normalized spacial score (nSPS) is 14.7. The molecular weight excluding hydrogens is 652 g/mol. The highest BCUT2D eigenvalue weighted by Gasteiger charge is 2.33. The van der Waals surface area contributed by atoms with Crippen molar-refractivity contribution in [2.45, 2.75) is 69.5 Å². The van der Waals surface area contributed by atoms with E-state index in [2.05, 4.69) is 5.32 Å². The van der Waals surface area contributed by atoms with Gasteiger partial charge in [-0.25, -0.2) is 8.42 Å². The minimum atomic E-state index is -4.24. The number of amides is 2. The summed E-state index contributed by atoms with van der Waals surface area (Å²) in [5.74, 6) is -0.938. The lowest BCUT2D eigenvalue weighted by Gasteiger charge is -2.33. The number of aryl methyl sites for hydroxylation is 1. The Morgan fingerprint density at radius 2 is 1.56 bits per heavy atom. The molecule has 1 fully saturated rings. The lowest BCUT2D eigenvalue weighted by Crippen LogP contribution is -2.53. The van der Waals surface area contributed by atoms with Gasteiger partial charge in [-0.2, -0.15) is 0 Å². The van der Waals surface area contributed by atoms with Gasteiger partial charge in [0.1, 0.15) is 12.6 Å². The Kier molecular flexibility index (Phi) is 11.3. The predicted molar refractivity (Wildman–Crippen MR) is 174 cm³/mol. The maximum atomic E-state index is 14.1. The largest absolute Gasteiger partial charge is 0.352 e. The molecule has 1 N–H and O–H groups in total. The highest BCUT2D eigenvalue weighted by Crippen LogP contribution is 2.31. The third-order valence-electron chi connectivity index (χ3n) is 7.55. The molecule has 12 heteroatoms. The van der Waals surface area contributed by atoms with E-state index < -0.39 is 28.5 Å². The minimum absolute atomic E-state index is 0.00708. The Morgan fingerprint density at radius 3 is 2.19 bits per heavy atom. The van der Waals surface area contributed by atoms with Crippen LogP contribution in [0.5, 0.6) is 0 Å². The zero-order valence-corrected chi connectivity index (χ0v) is 27.7. The third kappa shape index (κ3) is 8.37. The second-order valence-corrected chi connectivity index (χ2v) is 14.2. The van der Waals surface area contributed by atoms with E-state index >= 15 is 0 Å². The van der Waals surface area contributed by atoms with Crippen LogP contribution in [-0.4, -0.2) is 43.8 Å². The number of nitrogens with zero attached hydrogens (tertiary/aromatic N) is 2. The molecule has 1 saturated carbocycles. The van der Waals surface area contributed by atoms with Gasteiger partial charge < -0.3 is 10.2 Å². The van der Waals surface area contributed by atoms with Crippen molar-refractivity contribution in [3.8, 4) is 0 Å². The van der Waals surface area contributed by atoms with Gasteiger partial charge in [0.2, 0.25) is 11.8 Å². The van der Waals surface area contributed by atoms with E-state index in [0.29, 0.717) is 15.6 Å². The molecule has 7 nitrogen and oxygen atoms in total. The third-order valence-corrected chi connectivity index (χ3v) is 10.7. The van der Waals surface area contributed by atoms with Crippen LogP contribution in [0.2, 0.25) is 20.1 Å². The molecule has 0 bridgehead atoms. The number of hydrogen-bond acceptors (Lipinski definition) is 4. The summed E-state index contributed by atoms with van der Waals surface area (Å²) >= 11 is 24.9. The van der Waals surface area contributed by atoms with Gasteiger partial charge in [-0.05, 0) is 74.7 Å². The van der Waals surface area contributed by atoms with Crippen molar-refractivity contribution in [2.75, 3.05) is 10.8 Å². The summed E-state index contributed by atoms with van der Waals surface area (Å²) in [6.07, 6.45) is 4.92. The van der Waals surface area contributed by atoms with Gasteiger partial charge in [0.25, 0.3) is 10.0 Å². The van der Waals surface area contributed by atoms with Crippen LogP contribution in [0.25, 0.3) is 0 Å². The highest BCUT2D eigenvalue weighted by molar-refractivity contribution is 7.92. The van der Waals surface area contributed by atoms with E-state index in [-0.39, 0.29) is 39.1 Å². The fourth-order valence-corrected chi connectivity index (χ4v) is 7.16. The predicted octanol–water partition coefficient (Wildman–Crippen LogP) is 7.67. The second-order valence-electron chi connectivity index (χ2n) is 10.7. The zero-order valence-electron chi connectivity index (χ0n) is 23.8. The van der Waals surface area contributed by atoms with Gasteiger partial charge in [0.05, 0.1) is 20.6 Å². The van der Waals surface area contributed by atoms with E-state index in [1.165, 1.54) is 35.2 Å². The SMILES string of the molecule is Cc1ccc(S(=O)(=O)N(CC(=O)N(Cc2ccc(Cl)cc2Cl)[C@@H](C)C(=O)NC2CCCCC2)c2ccc(Cl)c(Cl)c2)cc1. The number of hydrogen-bond donors (Lipinski definition) is 1. The highest BCUT2D eigenvalue weighted by atomic mass is 35.5. The first-order valence-electron chi connectivity index (χ1n) is 13.9. The van der Waals surface area contributed by atoms with Gasteiger partial charge in [-0.1, -0.05) is 89.4 Å². The maximum absolute atomic E-state index is 14.1. The zero-order chi connectivity index (χ0) is 31.3. The van der Waals surface area contributed by atoms with E-state index in [1.54, 1.807) is 37.3 Å². The van der Waals surface area contributed by atoms with Crippen LogP contribution in [0.3, 0.4) is 0 Å². The van der Waals surface area contributed by atoms with Gasteiger partial charge in [-0.3, -0.25) is 13.9 Å². The van der Waals surface area contributed by atoms with Crippen molar-refractivity contribution in [1.29, 1.82) is 0 Å². The Morgan fingerprint density at radius 1 is 0.884 bits per heavy atom. The molecule has 0 spiro atoms. The molecule has 0 saturated heterocycles. The molecule has 0 heterocycles. The average molecular weight is 686 g/mol. The van der Waals surface area contributed by atoms with Crippen molar-refractivity contribution in [2.24, 2.45) is 0 Å². The molecule has 43 heavy (non-hydrogen) atoms. The summed E-state index contributed by atoms with van der Waals surface area (Å²) in [6.45, 7) is 2.81. The summed E-state index contributed by atoms with van der Waals surface area (Å²) < 4.78 is 28.9. The number of halogens is 4. The summed E-state index contributed by atoms with van der Waals surface area (Å²) in [7, 11) is -4.24. The first-order valence-corrected chi connectivity index (χ1v) is 16.9. The van der Waals surface area contributed by atoms with Gasteiger partial charge >= 0.3 is 0 Å². The number of carbonyl (C=O) groups excluding carboxylic acids is 2. The fraction of sp³-hybridized carbons (Fsp3) is 0.355. The second kappa shape index (κ2) is 14.5. The van der Waals surface area contributed by atoms with Crippen LogP contribution in [0, 0.1) is 6.92 Å². The summed E-state index contributed by atoms with van der Waals surface area (Å²) in [6, 6.07) is 14.6. The first-order chi connectivity index (χ1) is 20.4. The molecular formula is C31H33Cl4N3O4S. The molecule has 1 aliphatic carbocycles. The average Bonchev–Trinajstić information content (AvgIpc) is 2.97. The molecule has 2 amide bonds. The van der Waals surface area contributed by atoms with E-state index in [1.807, 2.05) is 6.92 Å². The lowest BCUT2D eigenvalue weighted by atomic mass is 9.95. The van der Waals surface area contributed by atoms with Crippen molar-refractivity contribution in [3.05, 3.63) is 91.9 Å². The van der Waals surface area contributed by atoms with Crippen LogP contribution in [0.4, 0.5) is 5.69 Å². The summed E-state index contributed by atoms with van der Waals surface area (Å²) in [5.41, 5.74) is 1.58. The molecule has 3 aromatic carbocycles. The topological polar surface area (TPSA) is 86.8 Å².